The number of rotatable bonds is 6. The molecule has 5 nitrogen and oxygen atoms in total. The molecule has 0 aromatic heterocycles. The molecule has 2 N–H and O–H groups in total. The number of hydrogen-bond acceptors (Lipinski definition) is 3. The first-order chi connectivity index (χ1) is 11.3. The highest BCUT2D eigenvalue weighted by Crippen LogP contribution is 2.24. The predicted octanol–water partition coefficient (Wildman–Crippen LogP) is 4.23. The van der Waals surface area contributed by atoms with E-state index in [9.17, 15) is 9.59 Å². The standard InChI is InChI=1S/C19H21NO4/c1-13-4-8-15(9-5-13)24-16-10-6-14(7-11-16)20-17(21)12-19(2,3)18(22)23/h4-11H,12H2,1-3H3,(H,20,21)(H,22,23). The van der Waals surface area contributed by atoms with Gasteiger partial charge in [0.25, 0.3) is 0 Å². The number of carbonyl (C=O) groups excluding carboxylic acids is 1. The summed E-state index contributed by atoms with van der Waals surface area (Å²) in [5.74, 6) is 0.0532. The molecule has 0 fully saturated rings. The molecule has 2 aromatic carbocycles. The van der Waals surface area contributed by atoms with Crippen LogP contribution in [0.15, 0.2) is 48.5 Å². The Bertz CT molecular complexity index is 718. The summed E-state index contributed by atoms with van der Waals surface area (Å²) in [5.41, 5.74) is 0.653. The van der Waals surface area contributed by atoms with Gasteiger partial charge in [-0.2, -0.15) is 0 Å². The maximum atomic E-state index is 11.9. The topological polar surface area (TPSA) is 75.6 Å². The first-order valence-corrected chi connectivity index (χ1v) is 7.64. The van der Waals surface area contributed by atoms with Crippen LogP contribution in [0.2, 0.25) is 0 Å². The Morgan fingerprint density at radius 1 is 1.00 bits per heavy atom. The van der Waals surface area contributed by atoms with Gasteiger partial charge in [-0.3, -0.25) is 9.59 Å². The number of amides is 1. The third kappa shape index (κ3) is 4.84. The van der Waals surface area contributed by atoms with Gasteiger partial charge in [-0.1, -0.05) is 17.7 Å². The average Bonchev–Trinajstić information content (AvgIpc) is 2.51. The molecule has 1 amide bonds. The molecule has 5 heteroatoms. The molecule has 0 saturated heterocycles. The Balaban J connectivity index is 1.95. The normalized spacial score (nSPS) is 11.0. The van der Waals surface area contributed by atoms with Crippen molar-refractivity contribution in [3.63, 3.8) is 0 Å². The monoisotopic (exact) mass is 327 g/mol. The van der Waals surface area contributed by atoms with Gasteiger partial charge in [0.15, 0.2) is 0 Å². The minimum absolute atomic E-state index is 0.0933. The van der Waals surface area contributed by atoms with E-state index in [2.05, 4.69) is 5.32 Å². The molecule has 0 saturated carbocycles. The van der Waals surface area contributed by atoms with E-state index in [1.54, 1.807) is 24.3 Å². The lowest BCUT2D eigenvalue weighted by Crippen LogP contribution is -2.29. The fourth-order valence-corrected chi connectivity index (χ4v) is 2.03. The van der Waals surface area contributed by atoms with Gasteiger partial charge >= 0.3 is 5.97 Å². The van der Waals surface area contributed by atoms with Gasteiger partial charge < -0.3 is 15.2 Å². The molecule has 2 aromatic rings. The molecule has 24 heavy (non-hydrogen) atoms. The largest absolute Gasteiger partial charge is 0.481 e. The molecule has 0 aliphatic carbocycles. The predicted molar refractivity (Wildman–Crippen MR) is 92.4 cm³/mol. The van der Waals surface area contributed by atoms with Gasteiger partial charge in [-0.05, 0) is 57.2 Å². The van der Waals surface area contributed by atoms with Crippen LogP contribution in [0.25, 0.3) is 0 Å². The van der Waals surface area contributed by atoms with Crippen molar-refractivity contribution in [3.8, 4) is 11.5 Å². The molecule has 0 heterocycles. The highest BCUT2D eigenvalue weighted by Gasteiger charge is 2.30. The van der Waals surface area contributed by atoms with Crippen LogP contribution in [0.4, 0.5) is 5.69 Å². The van der Waals surface area contributed by atoms with E-state index in [1.807, 2.05) is 31.2 Å². The van der Waals surface area contributed by atoms with E-state index < -0.39 is 11.4 Å². The number of carboxylic acids is 1. The fraction of sp³-hybridized carbons (Fsp3) is 0.263. The zero-order chi connectivity index (χ0) is 17.7. The number of anilines is 1. The molecule has 0 aliphatic heterocycles. The highest BCUT2D eigenvalue weighted by atomic mass is 16.5. The number of aliphatic carboxylic acids is 1. The molecule has 0 spiro atoms. The van der Waals surface area contributed by atoms with Crippen molar-refractivity contribution >= 4 is 17.6 Å². The number of aryl methyl sites for hydroxylation is 1. The highest BCUT2D eigenvalue weighted by molar-refractivity contribution is 5.94. The molecular formula is C19H21NO4. The van der Waals surface area contributed by atoms with Gasteiger partial charge in [-0.15, -0.1) is 0 Å². The number of nitrogens with one attached hydrogen (secondary N) is 1. The van der Waals surface area contributed by atoms with Crippen molar-refractivity contribution in [2.75, 3.05) is 5.32 Å². The average molecular weight is 327 g/mol. The maximum Gasteiger partial charge on any atom is 0.309 e. The number of ether oxygens (including phenoxy) is 1. The van der Waals surface area contributed by atoms with Crippen LogP contribution >= 0.6 is 0 Å². The van der Waals surface area contributed by atoms with E-state index in [4.69, 9.17) is 9.84 Å². The van der Waals surface area contributed by atoms with Crippen molar-refractivity contribution in [2.24, 2.45) is 5.41 Å². The Labute approximate surface area is 141 Å². The molecule has 0 radical (unpaired) electrons. The van der Waals surface area contributed by atoms with Gasteiger partial charge in [0.2, 0.25) is 5.91 Å². The van der Waals surface area contributed by atoms with Gasteiger partial charge in [0, 0.05) is 12.1 Å². The molecule has 126 valence electrons. The quantitative estimate of drug-likeness (QED) is 0.832. The van der Waals surface area contributed by atoms with Gasteiger partial charge in [-0.25, -0.2) is 0 Å². The van der Waals surface area contributed by atoms with Crippen molar-refractivity contribution in [2.45, 2.75) is 27.2 Å². The van der Waals surface area contributed by atoms with Crippen LogP contribution in [0, 0.1) is 12.3 Å². The van der Waals surface area contributed by atoms with E-state index in [0.717, 1.165) is 11.3 Å². The second-order valence-electron chi connectivity index (χ2n) is 6.35. The summed E-state index contributed by atoms with van der Waals surface area (Å²) < 4.78 is 5.71. The van der Waals surface area contributed by atoms with E-state index in [-0.39, 0.29) is 12.3 Å². The third-order valence-electron chi connectivity index (χ3n) is 3.58. The zero-order valence-electron chi connectivity index (χ0n) is 14.0. The Morgan fingerprint density at radius 2 is 1.50 bits per heavy atom. The van der Waals surface area contributed by atoms with Gasteiger partial charge in [0.05, 0.1) is 5.41 Å². The van der Waals surface area contributed by atoms with Crippen molar-refractivity contribution in [1.82, 2.24) is 0 Å². The van der Waals surface area contributed by atoms with Crippen LogP contribution in [0.5, 0.6) is 11.5 Å². The van der Waals surface area contributed by atoms with Gasteiger partial charge in [0.1, 0.15) is 11.5 Å². The molecule has 0 unspecified atom stereocenters. The van der Waals surface area contributed by atoms with E-state index >= 15 is 0 Å². The molecule has 0 aliphatic rings. The van der Waals surface area contributed by atoms with E-state index in [1.165, 1.54) is 13.8 Å². The van der Waals surface area contributed by atoms with Crippen LogP contribution in [-0.4, -0.2) is 17.0 Å². The van der Waals surface area contributed by atoms with Crippen molar-refractivity contribution in [3.05, 3.63) is 54.1 Å². The van der Waals surface area contributed by atoms with Crippen molar-refractivity contribution < 1.29 is 19.4 Å². The zero-order valence-corrected chi connectivity index (χ0v) is 14.0. The molecule has 0 bridgehead atoms. The lowest BCUT2D eigenvalue weighted by molar-refractivity contribution is -0.148. The first kappa shape index (κ1) is 17.5. The van der Waals surface area contributed by atoms with Crippen LogP contribution < -0.4 is 10.1 Å². The van der Waals surface area contributed by atoms with Crippen LogP contribution in [-0.2, 0) is 9.59 Å². The van der Waals surface area contributed by atoms with Crippen molar-refractivity contribution in [1.29, 1.82) is 0 Å². The maximum absolute atomic E-state index is 11.9. The lowest BCUT2D eigenvalue weighted by atomic mass is 9.89. The molecule has 2 rings (SSSR count). The summed E-state index contributed by atoms with van der Waals surface area (Å²) >= 11 is 0. The summed E-state index contributed by atoms with van der Waals surface area (Å²) in [6.07, 6.45) is -0.0933. The summed E-state index contributed by atoms with van der Waals surface area (Å²) in [7, 11) is 0. The molecular weight excluding hydrogens is 306 g/mol. The minimum Gasteiger partial charge on any atom is -0.481 e. The fourth-order valence-electron chi connectivity index (χ4n) is 2.03. The summed E-state index contributed by atoms with van der Waals surface area (Å²) in [5, 5.41) is 11.7. The SMILES string of the molecule is Cc1ccc(Oc2ccc(NC(=O)CC(C)(C)C(=O)O)cc2)cc1. The smallest absolute Gasteiger partial charge is 0.309 e. The van der Waals surface area contributed by atoms with E-state index in [0.29, 0.717) is 11.4 Å². The second-order valence-corrected chi connectivity index (χ2v) is 6.35. The Kier molecular flexibility index (Phi) is 5.24. The summed E-state index contributed by atoms with van der Waals surface area (Å²) in [6.45, 7) is 5.05. The second kappa shape index (κ2) is 7.17. The Hall–Kier alpha value is -2.82. The molecule has 0 atom stereocenters. The Morgan fingerprint density at radius 3 is 2.00 bits per heavy atom. The third-order valence-corrected chi connectivity index (χ3v) is 3.58. The number of carboxylic acid groups (broad SMARTS) is 1. The van der Waals surface area contributed by atoms with Crippen LogP contribution in [0.1, 0.15) is 25.8 Å². The number of carbonyl (C=O) groups is 2. The summed E-state index contributed by atoms with van der Waals surface area (Å²) in [6, 6.07) is 14.6. The number of hydrogen-bond donors (Lipinski definition) is 2. The first-order valence-electron chi connectivity index (χ1n) is 7.64. The summed E-state index contributed by atoms with van der Waals surface area (Å²) in [4.78, 5) is 23.0. The lowest BCUT2D eigenvalue weighted by Gasteiger charge is -2.18. The number of benzene rings is 2. The minimum atomic E-state index is -1.10. The van der Waals surface area contributed by atoms with Crippen LogP contribution in [0.3, 0.4) is 0 Å².